The molecule has 0 aromatic heterocycles. The van der Waals surface area contributed by atoms with Gasteiger partial charge < -0.3 is 15.9 Å². The van der Waals surface area contributed by atoms with E-state index in [1.165, 1.54) is 0 Å². The first kappa shape index (κ1) is 9.70. The van der Waals surface area contributed by atoms with Gasteiger partial charge in [0.25, 0.3) is 0 Å². The Hall–Kier alpha value is -1.39. The Morgan fingerprint density at radius 1 is 1.31 bits per heavy atom. The van der Waals surface area contributed by atoms with Crippen molar-refractivity contribution in [2.24, 2.45) is 5.73 Å². The van der Waals surface area contributed by atoms with Gasteiger partial charge in [0.15, 0.2) is 0 Å². The topological polar surface area (TPSA) is 83.6 Å². The van der Waals surface area contributed by atoms with Crippen molar-refractivity contribution < 1.29 is 15.0 Å². The van der Waals surface area contributed by atoms with E-state index in [9.17, 15) is 9.90 Å². The van der Waals surface area contributed by atoms with Gasteiger partial charge in [-0.05, 0) is 5.56 Å². The van der Waals surface area contributed by atoms with E-state index in [0.29, 0.717) is 5.56 Å². The number of carbonyl (C=O) groups is 1. The van der Waals surface area contributed by atoms with Gasteiger partial charge in [0.2, 0.25) is 0 Å². The van der Waals surface area contributed by atoms with Crippen LogP contribution < -0.4 is 5.73 Å². The second-order valence-electron chi connectivity index (χ2n) is 2.72. The molecule has 2 atom stereocenters. The van der Waals surface area contributed by atoms with Crippen LogP contribution in [0.4, 0.5) is 0 Å². The second kappa shape index (κ2) is 4.02. The molecule has 0 fully saturated rings. The molecule has 0 saturated carbocycles. The van der Waals surface area contributed by atoms with E-state index in [1.807, 2.05) is 0 Å². The SMILES string of the molecule is NC(C(=O)O)[C@H](O)c1ccccc1. The van der Waals surface area contributed by atoms with Crippen LogP contribution in [0.3, 0.4) is 0 Å². The van der Waals surface area contributed by atoms with E-state index in [0.717, 1.165) is 0 Å². The molecule has 1 rings (SSSR count). The Morgan fingerprint density at radius 3 is 2.31 bits per heavy atom. The largest absolute Gasteiger partial charge is 0.480 e. The quantitative estimate of drug-likeness (QED) is 0.619. The van der Waals surface area contributed by atoms with Crippen LogP contribution >= 0.6 is 0 Å². The number of benzene rings is 1. The number of aliphatic carboxylic acids is 1. The lowest BCUT2D eigenvalue weighted by atomic mass is 10.0. The molecule has 1 unspecified atom stereocenters. The maximum atomic E-state index is 10.4. The smallest absolute Gasteiger partial charge is 0.323 e. The predicted molar refractivity (Wildman–Crippen MR) is 47.0 cm³/mol. The van der Waals surface area contributed by atoms with Crippen LogP contribution in [0.2, 0.25) is 0 Å². The van der Waals surface area contributed by atoms with Crippen molar-refractivity contribution in [2.45, 2.75) is 12.1 Å². The number of nitrogens with two attached hydrogens (primary N) is 1. The molecule has 4 heteroatoms. The monoisotopic (exact) mass is 181 g/mol. The van der Waals surface area contributed by atoms with E-state index in [4.69, 9.17) is 10.8 Å². The molecule has 0 radical (unpaired) electrons. The summed E-state index contributed by atoms with van der Waals surface area (Å²) in [5.74, 6) is -1.21. The van der Waals surface area contributed by atoms with Crippen molar-refractivity contribution in [2.75, 3.05) is 0 Å². The van der Waals surface area contributed by atoms with Gasteiger partial charge in [-0.1, -0.05) is 30.3 Å². The van der Waals surface area contributed by atoms with Gasteiger partial charge in [-0.15, -0.1) is 0 Å². The van der Waals surface area contributed by atoms with Crippen molar-refractivity contribution in [1.29, 1.82) is 0 Å². The van der Waals surface area contributed by atoms with Gasteiger partial charge in [0.1, 0.15) is 12.1 Å². The van der Waals surface area contributed by atoms with Crippen LogP contribution in [0.1, 0.15) is 11.7 Å². The predicted octanol–water partition coefficient (Wildman–Crippen LogP) is 0.132. The number of aliphatic hydroxyl groups excluding tert-OH is 1. The molecule has 0 heterocycles. The van der Waals surface area contributed by atoms with Gasteiger partial charge >= 0.3 is 5.97 Å². The van der Waals surface area contributed by atoms with E-state index < -0.39 is 18.1 Å². The van der Waals surface area contributed by atoms with Crippen LogP contribution in [0.5, 0.6) is 0 Å². The Labute approximate surface area is 75.6 Å². The minimum atomic E-state index is -1.28. The highest BCUT2D eigenvalue weighted by Gasteiger charge is 2.22. The van der Waals surface area contributed by atoms with E-state index in [2.05, 4.69) is 0 Å². The summed E-state index contributed by atoms with van der Waals surface area (Å²) >= 11 is 0. The zero-order valence-electron chi connectivity index (χ0n) is 6.92. The van der Waals surface area contributed by atoms with Crippen molar-refractivity contribution in [3.05, 3.63) is 35.9 Å². The molecule has 13 heavy (non-hydrogen) atoms. The van der Waals surface area contributed by atoms with Gasteiger partial charge in [-0.3, -0.25) is 4.79 Å². The molecule has 0 aliphatic rings. The van der Waals surface area contributed by atoms with Gasteiger partial charge in [-0.25, -0.2) is 0 Å². The molecule has 4 nitrogen and oxygen atoms in total. The summed E-state index contributed by atoms with van der Waals surface area (Å²) in [4.78, 5) is 10.4. The normalized spacial score (nSPS) is 14.9. The average Bonchev–Trinajstić information content (AvgIpc) is 2.17. The third-order valence-corrected chi connectivity index (χ3v) is 1.77. The Morgan fingerprint density at radius 2 is 1.85 bits per heavy atom. The standard InChI is InChI=1S/C9H11NO3/c10-7(9(12)13)8(11)6-4-2-1-3-5-6/h1-5,7-8,11H,10H2,(H,12,13)/t7?,8-/m1/s1. The molecule has 1 aromatic rings. The first-order chi connectivity index (χ1) is 6.13. The van der Waals surface area contributed by atoms with Crippen LogP contribution in [-0.2, 0) is 4.79 Å². The lowest BCUT2D eigenvalue weighted by Crippen LogP contribution is -2.36. The van der Waals surface area contributed by atoms with Crippen LogP contribution in [0.15, 0.2) is 30.3 Å². The molecule has 70 valence electrons. The third-order valence-electron chi connectivity index (χ3n) is 1.77. The van der Waals surface area contributed by atoms with Crippen molar-refractivity contribution in [1.82, 2.24) is 0 Å². The number of rotatable bonds is 3. The zero-order valence-corrected chi connectivity index (χ0v) is 6.92. The van der Waals surface area contributed by atoms with E-state index in [1.54, 1.807) is 30.3 Å². The lowest BCUT2D eigenvalue weighted by Gasteiger charge is -2.14. The van der Waals surface area contributed by atoms with Crippen LogP contribution in [0.25, 0.3) is 0 Å². The molecule has 0 aliphatic carbocycles. The summed E-state index contributed by atoms with van der Waals surface area (Å²) in [5, 5.41) is 18.0. The van der Waals surface area contributed by atoms with Crippen LogP contribution in [0, 0.1) is 0 Å². The highest BCUT2D eigenvalue weighted by Crippen LogP contribution is 2.14. The first-order valence-corrected chi connectivity index (χ1v) is 3.84. The van der Waals surface area contributed by atoms with Gasteiger partial charge in [0.05, 0.1) is 0 Å². The van der Waals surface area contributed by atoms with Crippen molar-refractivity contribution in [3.63, 3.8) is 0 Å². The highest BCUT2D eigenvalue weighted by atomic mass is 16.4. The molecule has 0 amide bonds. The molecule has 0 spiro atoms. The minimum Gasteiger partial charge on any atom is -0.480 e. The average molecular weight is 181 g/mol. The summed E-state index contributed by atoms with van der Waals surface area (Å²) in [5.41, 5.74) is 5.75. The van der Waals surface area contributed by atoms with Crippen molar-refractivity contribution >= 4 is 5.97 Å². The first-order valence-electron chi connectivity index (χ1n) is 3.84. The Balaban J connectivity index is 2.79. The fourth-order valence-corrected chi connectivity index (χ4v) is 0.993. The molecular weight excluding hydrogens is 170 g/mol. The molecule has 1 aromatic carbocycles. The number of aliphatic hydroxyl groups is 1. The number of hydrogen-bond acceptors (Lipinski definition) is 3. The van der Waals surface area contributed by atoms with Gasteiger partial charge in [0, 0.05) is 0 Å². The minimum absolute atomic E-state index is 0.511. The molecule has 0 bridgehead atoms. The lowest BCUT2D eigenvalue weighted by molar-refractivity contribution is -0.141. The number of hydrogen-bond donors (Lipinski definition) is 3. The third kappa shape index (κ3) is 2.27. The fraction of sp³-hybridized carbons (Fsp3) is 0.222. The Bertz CT molecular complexity index is 286. The second-order valence-corrected chi connectivity index (χ2v) is 2.72. The molecule has 0 aliphatic heterocycles. The molecule has 4 N–H and O–H groups in total. The zero-order chi connectivity index (χ0) is 9.84. The van der Waals surface area contributed by atoms with Crippen molar-refractivity contribution in [3.8, 4) is 0 Å². The number of carboxylic acid groups (broad SMARTS) is 1. The van der Waals surface area contributed by atoms with E-state index >= 15 is 0 Å². The summed E-state index contributed by atoms with van der Waals surface area (Å²) in [6, 6.07) is 7.20. The summed E-state index contributed by atoms with van der Waals surface area (Å²) in [6.07, 6.45) is -1.15. The maximum Gasteiger partial charge on any atom is 0.323 e. The summed E-state index contributed by atoms with van der Waals surface area (Å²) in [6.45, 7) is 0. The maximum absolute atomic E-state index is 10.4. The van der Waals surface area contributed by atoms with E-state index in [-0.39, 0.29) is 0 Å². The molecular formula is C9H11NO3. The summed E-state index contributed by atoms with van der Waals surface area (Å²) < 4.78 is 0. The molecule has 0 saturated heterocycles. The Kier molecular flexibility index (Phi) is 3.00. The fourth-order valence-electron chi connectivity index (χ4n) is 0.993. The number of carboxylic acids is 1. The van der Waals surface area contributed by atoms with Gasteiger partial charge in [-0.2, -0.15) is 0 Å². The summed E-state index contributed by atoms with van der Waals surface area (Å²) in [7, 11) is 0. The highest BCUT2D eigenvalue weighted by molar-refractivity contribution is 5.74. The van der Waals surface area contributed by atoms with Crippen LogP contribution in [-0.4, -0.2) is 22.2 Å².